The summed E-state index contributed by atoms with van der Waals surface area (Å²) in [6, 6.07) is 0. The summed E-state index contributed by atoms with van der Waals surface area (Å²) in [5, 5.41) is -1.71. The number of aliphatic imine (C=N–C) groups is 2. The van der Waals surface area contributed by atoms with Gasteiger partial charge in [0.05, 0.1) is 17.6 Å². The third-order valence-corrected chi connectivity index (χ3v) is 11.2. The minimum Gasteiger partial charge on any atom is -0.405 e. The zero-order chi connectivity index (χ0) is 21.8. The molecule has 0 saturated heterocycles. The van der Waals surface area contributed by atoms with Gasteiger partial charge in [-0.2, -0.15) is 0 Å². The van der Waals surface area contributed by atoms with Crippen LogP contribution >= 0.6 is 0 Å². The van der Waals surface area contributed by atoms with Gasteiger partial charge >= 0.3 is 0 Å². The number of rotatable bonds is 6. The lowest BCUT2D eigenvalue weighted by atomic mass is 10.2. The van der Waals surface area contributed by atoms with Gasteiger partial charge in [-0.05, 0) is 38.7 Å². The van der Waals surface area contributed by atoms with E-state index in [0.29, 0.717) is 0 Å². The highest BCUT2D eigenvalue weighted by Gasteiger charge is 2.44. The molecule has 0 saturated carbocycles. The summed E-state index contributed by atoms with van der Waals surface area (Å²) in [6.07, 6.45) is 3.88. The van der Waals surface area contributed by atoms with E-state index in [0.717, 1.165) is 12.4 Å². The Hall–Kier alpha value is -1.78. The van der Waals surface area contributed by atoms with E-state index in [9.17, 15) is 12.8 Å². The summed E-state index contributed by atoms with van der Waals surface area (Å²) in [5.74, 6) is -0.523. The largest absolute Gasteiger partial charge is 0.405 e. The third-order valence-electron chi connectivity index (χ3n) is 4.76. The molecule has 1 rings (SSSR count). The average Bonchev–Trinajstić information content (AvgIpc) is 2.59. The first-order chi connectivity index (χ1) is 12.8. The zero-order valence-electron chi connectivity index (χ0n) is 17.5. The number of nitrogens with zero attached hydrogens (tertiary/aromatic N) is 4. The van der Waals surface area contributed by atoms with E-state index in [2.05, 4.69) is 26.7 Å². The van der Waals surface area contributed by atoms with Gasteiger partial charge in [-0.15, -0.1) is 0 Å². The molecule has 28 heavy (non-hydrogen) atoms. The van der Waals surface area contributed by atoms with Gasteiger partial charge in [0, 0.05) is 6.20 Å². The van der Waals surface area contributed by atoms with Gasteiger partial charge in [-0.3, -0.25) is 0 Å². The van der Waals surface area contributed by atoms with Crippen molar-refractivity contribution < 1.29 is 17.2 Å². The van der Waals surface area contributed by atoms with Gasteiger partial charge in [-0.1, -0.05) is 26.8 Å². The summed E-state index contributed by atoms with van der Waals surface area (Å²) < 4.78 is 45.8. The molecule has 156 valence electrons. The maximum absolute atomic E-state index is 13.3. The summed E-state index contributed by atoms with van der Waals surface area (Å²) in [6.45, 7) is 16.6. The number of halogens is 1. The van der Waals surface area contributed by atoms with Gasteiger partial charge in [0.25, 0.3) is 0 Å². The van der Waals surface area contributed by atoms with Gasteiger partial charge in [0.2, 0.25) is 15.0 Å². The van der Waals surface area contributed by atoms with Crippen LogP contribution in [0.1, 0.15) is 46.5 Å². The van der Waals surface area contributed by atoms with Crippen LogP contribution in [0.15, 0.2) is 34.7 Å². The Morgan fingerprint density at radius 2 is 1.86 bits per heavy atom. The van der Waals surface area contributed by atoms with Crippen LogP contribution in [0, 0.1) is 5.82 Å². The summed E-state index contributed by atoms with van der Waals surface area (Å²) in [5.41, 5.74) is 0. The summed E-state index contributed by atoms with van der Waals surface area (Å²) in [7, 11) is -6.42. The Morgan fingerprint density at radius 3 is 2.29 bits per heavy atom. The van der Waals surface area contributed by atoms with E-state index >= 15 is 0 Å². The molecule has 1 heterocycles. The highest BCUT2D eigenvalue weighted by Crippen LogP contribution is 2.41. The lowest BCUT2D eigenvalue weighted by molar-refractivity contribution is 0.172. The zero-order valence-corrected chi connectivity index (χ0v) is 19.3. The van der Waals surface area contributed by atoms with Crippen molar-refractivity contribution in [3.63, 3.8) is 0 Å². The lowest BCUT2D eigenvalue weighted by Gasteiger charge is -2.40. The number of sulfone groups is 1. The van der Waals surface area contributed by atoms with Crippen molar-refractivity contribution in [2.24, 2.45) is 9.98 Å². The van der Waals surface area contributed by atoms with Crippen molar-refractivity contribution in [2.75, 3.05) is 0 Å². The topological polar surface area (TPSA) is 93.9 Å². The number of hydrogen-bond donors (Lipinski definition) is 0. The van der Waals surface area contributed by atoms with Crippen LogP contribution in [0.3, 0.4) is 0 Å². The molecule has 0 amide bonds. The van der Waals surface area contributed by atoms with E-state index in [1.165, 1.54) is 13.1 Å². The molecule has 0 aliphatic rings. The van der Waals surface area contributed by atoms with E-state index in [-0.39, 0.29) is 10.9 Å². The smallest absolute Gasteiger partial charge is 0.246 e. The Labute approximate surface area is 167 Å². The highest BCUT2D eigenvalue weighted by atomic mass is 32.2. The van der Waals surface area contributed by atoms with Crippen LogP contribution in [0.4, 0.5) is 4.39 Å². The van der Waals surface area contributed by atoms with Crippen LogP contribution in [0.25, 0.3) is 0 Å². The summed E-state index contributed by atoms with van der Waals surface area (Å²) >= 11 is 0. The third kappa shape index (κ3) is 5.61. The molecule has 2 atom stereocenters. The molecule has 10 heteroatoms. The molecule has 0 fully saturated rings. The second-order valence-electron chi connectivity index (χ2n) is 7.86. The first kappa shape index (κ1) is 24.3. The molecule has 0 aliphatic heterocycles. The fourth-order valence-corrected chi connectivity index (χ4v) is 4.61. The van der Waals surface area contributed by atoms with Crippen LogP contribution < -0.4 is 0 Å². The first-order valence-corrected chi connectivity index (χ1v) is 13.3. The molecule has 1 aromatic heterocycles. The number of amidine groups is 1. The fraction of sp³-hybridized carbons (Fsp3) is 0.556. The maximum Gasteiger partial charge on any atom is 0.246 e. The molecular formula is C18H29FN4O3SSi. The molecule has 7 nitrogen and oxygen atoms in total. The Kier molecular flexibility index (Phi) is 7.92. The minimum atomic E-state index is -4.01. The monoisotopic (exact) mass is 428 g/mol. The van der Waals surface area contributed by atoms with Crippen LogP contribution in [0.5, 0.6) is 0 Å². The van der Waals surface area contributed by atoms with Crippen molar-refractivity contribution in [2.45, 2.75) is 64.1 Å². The van der Waals surface area contributed by atoms with Crippen molar-refractivity contribution in [1.29, 1.82) is 0 Å². The number of aromatic nitrogens is 2. The van der Waals surface area contributed by atoms with E-state index in [1.54, 1.807) is 13.0 Å². The normalized spacial score (nSPS) is 16.2. The molecule has 0 aliphatic carbocycles. The average molecular weight is 429 g/mol. The van der Waals surface area contributed by atoms with Gasteiger partial charge in [0.15, 0.2) is 20.0 Å². The van der Waals surface area contributed by atoms with Gasteiger partial charge < -0.3 is 4.43 Å². The second-order valence-corrected chi connectivity index (χ2v) is 14.8. The fourth-order valence-electron chi connectivity index (χ4n) is 1.99. The SMILES string of the molecule is C=N/C(=N\C=C/C)S(=O)(=O)[C@@H](C)C(O[Si](C)(C)C(C)(C)C)c1ncc(F)cn1. The van der Waals surface area contributed by atoms with E-state index < -0.39 is 40.5 Å². The molecular weight excluding hydrogens is 399 g/mol. The molecule has 1 unspecified atom stereocenters. The molecule has 0 radical (unpaired) electrons. The summed E-state index contributed by atoms with van der Waals surface area (Å²) in [4.78, 5) is 15.4. The lowest BCUT2D eigenvalue weighted by Crippen LogP contribution is -2.45. The predicted molar refractivity (Wildman–Crippen MR) is 113 cm³/mol. The van der Waals surface area contributed by atoms with Crippen molar-refractivity contribution in [3.8, 4) is 0 Å². The van der Waals surface area contributed by atoms with Gasteiger partial charge in [0.1, 0.15) is 6.10 Å². The highest BCUT2D eigenvalue weighted by molar-refractivity contribution is 8.06. The Balaban J connectivity index is 3.50. The number of allylic oxidation sites excluding steroid dienone is 1. The van der Waals surface area contributed by atoms with Crippen molar-refractivity contribution in [3.05, 3.63) is 36.3 Å². The standard InChI is InChI=1S/C18H29FN4O3SSi/c1-9-10-21-17(20-6)27(24,25)13(2)15(16-22-11-14(19)12-23-16)26-28(7,8)18(3,4)5/h9-13,15H,6H2,1-5,7-8H3/b10-9-,21-17+/t13-,15?/m0/s1. The number of hydrogen-bond acceptors (Lipinski definition) is 6. The second kappa shape index (κ2) is 9.14. The maximum atomic E-state index is 13.3. The quantitative estimate of drug-likeness (QED) is 0.387. The van der Waals surface area contributed by atoms with Crippen LogP contribution in [0.2, 0.25) is 18.1 Å². The Bertz CT molecular complexity index is 847. The first-order valence-electron chi connectivity index (χ1n) is 8.82. The van der Waals surface area contributed by atoms with Crippen LogP contribution in [-0.4, -0.2) is 43.8 Å². The Morgan fingerprint density at radius 1 is 1.32 bits per heavy atom. The van der Waals surface area contributed by atoms with Crippen molar-refractivity contribution in [1.82, 2.24) is 9.97 Å². The van der Waals surface area contributed by atoms with E-state index in [1.807, 2.05) is 33.9 Å². The molecule has 1 aromatic rings. The molecule has 0 spiro atoms. The predicted octanol–water partition coefficient (Wildman–Crippen LogP) is 4.07. The van der Waals surface area contributed by atoms with Crippen LogP contribution in [-0.2, 0) is 14.3 Å². The van der Waals surface area contributed by atoms with Crippen molar-refractivity contribution >= 4 is 30.0 Å². The molecule has 0 N–H and O–H groups in total. The minimum absolute atomic E-state index is 0.0942. The van der Waals surface area contributed by atoms with Gasteiger partial charge in [-0.25, -0.2) is 32.8 Å². The molecule has 0 aromatic carbocycles. The van der Waals surface area contributed by atoms with E-state index in [4.69, 9.17) is 4.43 Å². The molecule has 0 bridgehead atoms.